The number of rotatable bonds is 5. The average Bonchev–Trinajstić information content (AvgIpc) is 2.71. The third-order valence-electron chi connectivity index (χ3n) is 2.49. The van der Waals surface area contributed by atoms with Crippen molar-refractivity contribution in [3.05, 3.63) is 55.2 Å². The first-order chi connectivity index (χ1) is 9.45. The van der Waals surface area contributed by atoms with Gasteiger partial charge in [0.15, 0.2) is 5.78 Å². The normalized spacial score (nSPS) is 12.3. The van der Waals surface area contributed by atoms with Gasteiger partial charge >= 0.3 is 0 Å². The van der Waals surface area contributed by atoms with Crippen LogP contribution in [0.25, 0.3) is 0 Å². The number of Topliss-reactive ketones (excluding diaryl/α,β-unsaturated/α-hetero) is 1. The van der Waals surface area contributed by atoms with Gasteiger partial charge in [-0.2, -0.15) is 0 Å². The monoisotopic (exact) mass is 366 g/mol. The molecule has 0 aliphatic rings. The Kier molecular flexibility index (Phi) is 5.64. The Bertz CT molecular complexity index is 650. The second-order valence-corrected chi connectivity index (χ2v) is 8.20. The summed E-state index contributed by atoms with van der Waals surface area (Å²) in [5.41, 5.74) is 1.21. The summed E-state index contributed by atoms with van der Waals surface area (Å²) in [5, 5.41) is 0.621. The van der Waals surface area contributed by atoms with Gasteiger partial charge in [0.2, 0.25) is 0 Å². The van der Waals surface area contributed by atoms with Crippen LogP contribution in [0, 0.1) is 0 Å². The molecule has 1 heterocycles. The van der Waals surface area contributed by atoms with Gasteiger partial charge in [-0.05, 0) is 23.8 Å². The van der Waals surface area contributed by atoms with E-state index >= 15 is 0 Å². The number of hydrogen-bond acceptors (Lipinski definition) is 3. The molecular formula is C13H9Cl3O2S2. The summed E-state index contributed by atoms with van der Waals surface area (Å²) < 4.78 is 12.8. The van der Waals surface area contributed by atoms with E-state index in [1.165, 1.54) is 6.07 Å². The van der Waals surface area contributed by atoms with Crippen molar-refractivity contribution in [2.24, 2.45) is 0 Å². The molecule has 0 saturated carbocycles. The zero-order chi connectivity index (χ0) is 14.7. The van der Waals surface area contributed by atoms with E-state index in [1.54, 1.807) is 24.3 Å². The van der Waals surface area contributed by atoms with Crippen molar-refractivity contribution in [2.75, 3.05) is 5.75 Å². The van der Waals surface area contributed by atoms with Gasteiger partial charge in [0.25, 0.3) is 0 Å². The van der Waals surface area contributed by atoms with E-state index < -0.39 is 10.8 Å². The van der Waals surface area contributed by atoms with Crippen molar-refractivity contribution < 1.29 is 9.00 Å². The molecular weight excluding hydrogens is 359 g/mol. The molecule has 2 rings (SSSR count). The smallest absolute Gasteiger partial charge is 0.177 e. The van der Waals surface area contributed by atoms with Crippen molar-refractivity contribution in [3.8, 4) is 0 Å². The topological polar surface area (TPSA) is 34.1 Å². The summed E-state index contributed by atoms with van der Waals surface area (Å²) in [7, 11) is -1.30. The van der Waals surface area contributed by atoms with Crippen LogP contribution in [-0.2, 0) is 16.6 Å². The predicted octanol–water partition coefficient (Wildman–Crippen LogP) is 4.84. The maximum Gasteiger partial charge on any atom is 0.177 e. The Hall–Kier alpha value is -0.390. The zero-order valence-corrected chi connectivity index (χ0v) is 14.0. The first-order valence-electron chi connectivity index (χ1n) is 5.53. The van der Waals surface area contributed by atoms with Crippen LogP contribution < -0.4 is 0 Å². The van der Waals surface area contributed by atoms with Gasteiger partial charge < -0.3 is 0 Å². The molecule has 1 aromatic carbocycles. The minimum absolute atomic E-state index is 0.0740. The molecule has 0 radical (unpaired) electrons. The van der Waals surface area contributed by atoms with E-state index in [0.29, 0.717) is 25.0 Å². The first kappa shape index (κ1) is 16.0. The summed E-state index contributed by atoms with van der Waals surface area (Å²) in [4.78, 5) is 12.0. The van der Waals surface area contributed by atoms with E-state index in [-0.39, 0.29) is 11.5 Å². The molecule has 1 aromatic heterocycles. The van der Waals surface area contributed by atoms with Crippen molar-refractivity contribution in [2.45, 2.75) is 5.75 Å². The molecule has 0 fully saturated rings. The fourth-order valence-electron chi connectivity index (χ4n) is 1.57. The Morgan fingerprint density at radius 2 is 1.80 bits per heavy atom. The standard InChI is InChI=1S/C13H9Cl3O2S2/c14-9-3-1-8(2-4-9)6-20(18)7-11(17)10-5-12(15)19-13(10)16/h1-5H,6-7H2. The molecule has 20 heavy (non-hydrogen) atoms. The second-order valence-electron chi connectivity index (χ2n) is 4.02. The van der Waals surface area contributed by atoms with Gasteiger partial charge in [0, 0.05) is 27.1 Å². The highest BCUT2D eigenvalue weighted by Gasteiger charge is 2.17. The van der Waals surface area contributed by atoms with Crippen LogP contribution in [0.15, 0.2) is 30.3 Å². The van der Waals surface area contributed by atoms with Crippen molar-refractivity contribution in [1.82, 2.24) is 0 Å². The molecule has 0 N–H and O–H groups in total. The van der Waals surface area contributed by atoms with Crippen molar-refractivity contribution in [1.29, 1.82) is 0 Å². The van der Waals surface area contributed by atoms with Gasteiger partial charge in [-0.15, -0.1) is 11.3 Å². The highest BCUT2D eigenvalue weighted by molar-refractivity contribution is 7.85. The zero-order valence-electron chi connectivity index (χ0n) is 10.1. The summed E-state index contributed by atoms with van der Waals surface area (Å²) in [6, 6.07) is 8.55. The van der Waals surface area contributed by atoms with Gasteiger partial charge in [-0.1, -0.05) is 46.9 Å². The third-order valence-corrected chi connectivity index (χ3v) is 5.47. The number of carbonyl (C=O) groups excluding carboxylic acids is 1. The number of ketones is 1. The molecule has 0 saturated heterocycles. The van der Waals surface area contributed by atoms with E-state index in [2.05, 4.69) is 0 Å². The lowest BCUT2D eigenvalue weighted by Crippen LogP contribution is -2.12. The van der Waals surface area contributed by atoms with Crippen molar-refractivity contribution in [3.63, 3.8) is 0 Å². The maximum atomic E-state index is 12.0. The van der Waals surface area contributed by atoms with Gasteiger partial charge in [-0.25, -0.2) is 0 Å². The highest BCUT2D eigenvalue weighted by Crippen LogP contribution is 2.31. The Balaban J connectivity index is 1.99. The van der Waals surface area contributed by atoms with Gasteiger partial charge in [0.05, 0.1) is 10.1 Å². The number of hydrogen-bond donors (Lipinski definition) is 0. The SMILES string of the molecule is O=C(CS(=O)Cc1ccc(Cl)cc1)c1cc(Cl)sc1Cl. The summed E-state index contributed by atoms with van der Waals surface area (Å²) in [6.45, 7) is 0. The van der Waals surface area contributed by atoms with Crippen LogP contribution >= 0.6 is 46.1 Å². The van der Waals surface area contributed by atoms with E-state index in [9.17, 15) is 9.00 Å². The van der Waals surface area contributed by atoms with Crippen LogP contribution in [0.5, 0.6) is 0 Å². The molecule has 1 unspecified atom stereocenters. The molecule has 0 amide bonds. The number of carbonyl (C=O) groups is 1. The fraction of sp³-hybridized carbons (Fsp3) is 0.154. The second kappa shape index (κ2) is 7.05. The summed E-state index contributed by atoms with van der Waals surface area (Å²) in [5.74, 6) is -0.0289. The molecule has 2 aromatic rings. The van der Waals surface area contributed by atoms with Crippen LogP contribution in [0.2, 0.25) is 13.7 Å². The number of benzene rings is 1. The van der Waals surface area contributed by atoms with Crippen LogP contribution in [0.4, 0.5) is 0 Å². The first-order valence-corrected chi connectivity index (χ1v) is 8.97. The quantitative estimate of drug-likeness (QED) is 0.709. The molecule has 0 aliphatic carbocycles. The lowest BCUT2D eigenvalue weighted by molar-refractivity contribution is 0.102. The lowest BCUT2D eigenvalue weighted by atomic mass is 10.2. The van der Waals surface area contributed by atoms with Gasteiger partial charge in [0.1, 0.15) is 4.34 Å². The van der Waals surface area contributed by atoms with E-state index in [0.717, 1.165) is 16.9 Å². The van der Waals surface area contributed by atoms with E-state index in [1.807, 2.05) is 0 Å². The van der Waals surface area contributed by atoms with Crippen LogP contribution in [0.3, 0.4) is 0 Å². The lowest BCUT2D eigenvalue weighted by Gasteiger charge is -2.02. The Morgan fingerprint density at radius 1 is 1.15 bits per heavy atom. The average molecular weight is 368 g/mol. The predicted molar refractivity (Wildman–Crippen MR) is 86.8 cm³/mol. The minimum Gasteiger partial charge on any atom is -0.293 e. The molecule has 2 nitrogen and oxygen atoms in total. The third kappa shape index (κ3) is 4.30. The summed E-state index contributed by atoms with van der Waals surface area (Å²) in [6.07, 6.45) is 0. The van der Waals surface area contributed by atoms with Crippen LogP contribution in [-0.4, -0.2) is 15.7 Å². The largest absolute Gasteiger partial charge is 0.293 e. The Labute approximate surface area is 138 Å². The van der Waals surface area contributed by atoms with E-state index in [4.69, 9.17) is 34.8 Å². The number of halogens is 3. The molecule has 0 spiro atoms. The molecule has 0 bridgehead atoms. The van der Waals surface area contributed by atoms with Crippen LogP contribution in [0.1, 0.15) is 15.9 Å². The Morgan fingerprint density at radius 3 is 2.35 bits per heavy atom. The van der Waals surface area contributed by atoms with Gasteiger partial charge in [-0.3, -0.25) is 9.00 Å². The molecule has 0 aliphatic heterocycles. The molecule has 7 heteroatoms. The minimum atomic E-state index is -1.30. The molecule has 1 atom stereocenters. The maximum absolute atomic E-state index is 12.0. The number of thiophene rings is 1. The molecule has 106 valence electrons. The fourth-order valence-corrected chi connectivity index (χ4v) is 4.31. The highest BCUT2D eigenvalue weighted by atomic mass is 35.5. The van der Waals surface area contributed by atoms with Crippen molar-refractivity contribution >= 4 is 62.7 Å². The summed E-state index contributed by atoms with van der Waals surface area (Å²) >= 11 is 18.6.